The molecule has 3 aromatic heterocycles. The van der Waals surface area contributed by atoms with E-state index in [4.69, 9.17) is 4.42 Å². The highest BCUT2D eigenvalue weighted by Crippen LogP contribution is 2.37. The van der Waals surface area contributed by atoms with Crippen molar-refractivity contribution in [2.24, 2.45) is 0 Å². The van der Waals surface area contributed by atoms with Gasteiger partial charge in [-0.1, -0.05) is 12.1 Å². The van der Waals surface area contributed by atoms with E-state index in [0.717, 1.165) is 16.6 Å². The van der Waals surface area contributed by atoms with Crippen molar-refractivity contribution in [1.82, 2.24) is 24.6 Å². The normalized spacial score (nSPS) is 16.6. The van der Waals surface area contributed by atoms with E-state index in [1.54, 1.807) is 6.33 Å². The number of furan rings is 1. The molecule has 1 aliphatic rings. The molecule has 0 bridgehead atoms. The molecule has 1 atom stereocenters. The number of nitrogens with one attached hydrogen (secondary N) is 1. The molecule has 0 saturated carbocycles. The second kappa shape index (κ2) is 6.54. The molecular formula is C20H17F2N5O2. The minimum Gasteiger partial charge on any atom is -0.458 e. The molecule has 5 rings (SSSR count). The Labute approximate surface area is 163 Å². The average molecular weight is 397 g/mol. The van der Waals surface area contributed by atoms with Crippen LogP contribution in [0.4, 0.5) is 8.78 Å². The van der Waals surface area contributed by atoms with Gasteiger partial charge in [-0.15, -0.1) is 0 Å². The first kappa shape index (κ1) is 17.6. The first-order chi connectivity index (χ1) is 14.0. The molecule has 0 unspecified atom stereocenters. The Balaban J connectivity index is 1.63. The van der Waals surface area contributed by atoms with Crippen molar-refractivity contribution in [3.8, 4) is 0 Å². The Bertz CT molecular complexity index is 1210. The van der Waals surface area contributed by atoms with Crippen molar-refractivity contribution in [2.45, 2.75) is 25.9 Å². The number of halogens is 2. The SMILES string of the molecule is Cc1cccc2oc([C@@H]3c4nc[nH]c4CCN3C(=O)c3ccnn3C(F)F)cc12. The second-order valence-corrected chi connectivity index (χ2v) is 6.99. The fourth-order valence-electron chi connectivity index (χ4n) is 3.93. The van der Waals surface area contributed by atoms with Gasteiger partial charge in [0.05, 0.1) is 12.0 Å². The average Bonchev–Trinajstić information content (AvgIpc) is 3.44. The van der Waals surface area contributed by atoms with Gasteiger partial charge in [-0.05, 0) is 30.7 Å². The minimum absolute atomic E-state index is 0.170. The number of hydrogen-bond donors (Lipinski definition) is 1. The Hall–Kier alpha value is -3.49. The summed E-state index contributed by atoms with van der Waals surface area (Å²) in [6.45, 7) is -0.586. The summed E-state index contributed by atoms with van der Waals surface area (Å²) < 4.78 is 33.1. The first-order valence-corrected chi connectivity index (χ1v) is 9.18. The summed E-state index contributed by atoms with van der Waals surface area (Å²) in [5.74, 6) is -0.00237. The van der Waals surface area contributed by atoms with E-state index < -0.39 is 18.5 Å². The molecule has 1 aromatic carbocycles. The molecule has 0 spiro atoms. The Kier molecular flexibility index (Phi) is 3.97. The lowest BCUT2D eigenvalue weighted by Gasteiger charge is -2.33. The second-order valence-electron chi connectivity index (χ2n) is 6.99. The molecule has 7 nitrogen and oxygen atoms in total. The number of H-pyrrole nitrogens is 1. The van der Waals surface area contributed by atoms with Crippen LogP contribution in [0.2, 0.25) is 0 Å². The number of amides is 1. The summed E-state index contributed by atoms with van der Waals surface area (Å²) in [7, 11) is 0. The summed E-state index contributed by atoms with van der Waals surface area (Å²) in [5, 5.41) is 4.52. The molecule has 0 aliphatic carbocycles. The predicted molar refractivity (Wildman–Crippen MR) is 99.6 cm³/mol. The number of aryl methyl sites for hydroxylation is 1. The van der Waals surface area contributed by atoms with E-state index in [-0.39, 0.29) is 5.69 Å². The van der Waals surface area contributed by atoms with E-state index in [0.29, 0.717) is 34.7 Å². The maximum absolute atomic E-state index is 13.3. The number of carbonyl (C=O) groups excluding carboxylic acids is 1. The van der Waals surface area contributed by atoms with Crippen molar-refractivity contribution < 1.29 is 18.0 Å². The van der Waals surface area contributed by atoms with Crippen LogP contribution in [0.3, 0.4) is 0 Å². The van der Waals surface area contributed by atoms with Crippen LogP contribution >= 0.6 is 0 Å². The maximum Gasteiger partial charge on any atom is 0.333 e. The lowest BCUT2D eigenvalue weighted by molar-refractivity contribution is 0.0436. The third-order valence-electron chi connectivity index (χ3n) is 5.33. The highest BCUT2D eigenvalue weighted by Gasteiger charge is 2.38. The Morgan fingerprint density at radius 3 is 3.00 bits per heavy atom. The van der Waals surface area contributed by atoms with Crippen molar-refractivity contribution in [3.05, 3.63) is 71.3 Å². The highest BCUT2D eigenvalue weighted by atomic mass is 19.3. The van der Waals surface area contributed by atoms with E-state index >= 15 is 0 Å². The van der Waals surface area contributed by atoms with Gasteiger partial charge in [-0.2, -0.15) is 18.6 Å². The molecule has 148 valence electrons. The van der Waals surface area contributed by atoms with Crippen LogP contribution in [0, 0.1) is 6.92 Å². The van der Waals surface area contributed by atoms with Crippen molar-refractivity contribution >= 4 is 16.9 Å². The zero-order valence-electron chi connectivity index (χ0n) is 15.5. The molecule has 0 fully saturated rings. The molecule has 4 aromatic rings. The number of rotatable bonds is 3. The topological polar surface area (TPSA) is 80.0 Å². The Morgan fingerprint density at radius 1 is 1.34 bits per heavy atom. The summed E-state index contributed by atoms with van der Waals surface area (Å²) in [4.78, 5) is 22.3. The molecule has 9 heteroatoms. The largest absolute Gasteiger partial charge is 0.458 e. The maximum atomic E-state index is 13.3. The number of imidazole rings is 1. The van der Waals surface area contributed by atoms with Crippen LogP contribution in [0.5, 0.6) is 0 Å². The zero-order valence-corrected chi connectivity index (χ0v) is 15.5. The number of carbonyl (C=O) groups is 1. The van der Waals surface area contributed by atoms with Gasteiger partial charge in [-0.3, -0.25) is 4.79 Å². The van der Waals surface area contributed by atoms with Crippen LogP contribution in [0.1, 0.15) is 45.8 Å². The molecule has 1 aliphatic heterocycles. The van der Waals surface area contributed by atoms with Crippen molar-refractivity contribution in [3.63, 3.8) is 0 Å². The van der Waals surface area contributed by atoms with E-state index in [1.807, 2.05) is 31.2 Å². The van der Waals surface area contributed by atoms with Gasteiger partial charge in [0.15, 0.2) is 0 Å². The van der Waals surface area contributed by atoms with Gasteiger partial charge in [0.25, 0.3) is 5.91 Å². The lowest BCUT2D eigenvalue weighted by Crippen LogP contribution is -2.41. The number of alkyl halides is 2. The van der Waals surface area contributed by atoms with E-state index in [9.17, 15) is 13.6 Å². The standard InChI is InChI=1S/C20H17F2N5O2/c1-11-3-2-4-15-12(11)9-16(29-15)18-17-13(23-10-24-17)6-8-26(18)19(28)14-5-7-25-27(14)20(21)22/h2-5,7,9-10,18,20H,6,8H2,1H3,(H,23,24)/t18-/m1/s1. The van der Waals surface area contributed by atoms with Crippen molar-refractivity contribution in [2.75, 3.05) is 6.54 Å². The summed E-state index contributed by atoms with van der Waals surface area (Å²) in [6, 6.07) is 8.31. The first-order valence-electron chi connectivity index (χ1n) is 9.18. The quantitative estimate of drug-likeness (QED) is 0.570. The molecular weight excluding hydrogens is 380 g/mol. The number of fused-ring (bicyclic) bond motifs is 2. The van der Waals surface area contributed by atoms with Gasteiger partial charge in [0.2, 0.25) is 0 Å². The van der Waals surface area contributed by atoms with Crippen LogP contribution in [0.15, 0.2) is 47.3 Å². The van der Waals surface area contributed by atoms with E-state index in [2.05, 4.69) is 15.1 Å². The zero-order chi connectivity index (χ0) is 20.1. The van der Waals surface area contributed by atoms with Gasteiger partial charge in [-0.25, -0.2) is 4.98 Å². The summed E-state index contributed by atoms with van der Waals surface area (Å²) in [5.41, 5.74) is 3.14. The van der Waals surface area contributed by atoms with Crippen LogP contribution in [-0.2, 0) is 6.42 Å². The molecule has 0 saturated heterocycles. The van der Waals surface area contributed by atoms with Crippen molar-refractivity contribution in [1.29, 1.82) is 0 Å². The number of nitrogens with zero attached hydrogens (tertiary/aromatic N) is 4. The Morgan fingerprint density at radius 2 is 2.21 bits per heavy atom. The molecule has 0 radical (unpaired) electrons. The third kappa shape index (κ3) is 2.72. The monoisotopic (exact) mass is 397 g/mol. The third-order valence-corrected chi connectivity index (χ3v) is 5.33. The van der Waals surface area contributed by atoms with Crippen LogP contribution in [-0.4, -0.2) is 37.1 Å². The predicted octanol–water partition coefficient (Wildman–Crippen LogP) is 3.84. The molecule has 1 N–H and O–H groups in total. The number of hydrogen-bond acceptors (Lipinski definition) is 4. The van der Waals surface area contributed by atoms with Crippen LogP contribution < -0.4 is 0 Å². The molecule has 29 heavy (non-hydrogen) atoms. The molecule has 4 heterocycles. The molecule has 1 amide bonds. The van der Waals surface area contributed by atoms with Gasteiger partial charge < -0.3 is 14.3 Å². The highest BCUT2D eigenvalue weighted by molar-refractivity contribution is 5.93. The number of aromatic amines is 1. The summed E-state index contributed by atoms with van der Waals surface area (Å²) in [6.07, 6.45) is 3.31. The number of benzene rings is 1. The van der Waals surface area contributed by atoms with E-state index in [1.165, 1.54) is 17.2 Å². The fourth-order valence-corrected chi connectivity index (χ4v) is 3.93. The summed E-state index contributed by atoms with van der Waals surface area (Å²) >= 11 is 0. The van der Waals surface area contributed by atoms with Crippen LogP contribution in [0.25, 0.3) is 11.0 Å². The smallest absolute Gasteiger partial charge is 0.333 e. The fraction of sp³-hybridized carbons (Fsp3) is 0.250. The van der Waals surface area contributed by atoms with Gasteiger partial charge in [0, 0.05) is 30.2 Å². The minimum atomic E-state index is -2.90. The number of aromatic nitrogens is 4. The van der Waals surface area contributed by atoms with Gasteiger partial charge in [0.1, 0.15) is 23.1 Å². The lowest BCUT2D eigenvalue weighted by atomic mass is 9.99. The van der Waals surface area contributed by atoms with Gasteiger partial charge >= 0.3 is 6.55 Å².